The van der Waals surface area contributed by atoms with Gasteiger partial charge in [-0.2, -0.15) is 0 Å². The van der Waals surface area contributed by atoms with Gasteiger partial charge in [0, 0.05) is 44.8 Å². The zero-order valence-corrected chi connectivity index (χ0v) is 19.0. The van der Waals surface area contributed by atoms with Crippen LogP contribution in [-0.2, 0) is 16.1 Å². The number of nitrogens with one attached hydrogen (secondary N) is 1. The molecule has 174 valence electrons. The number of aliphatic imine (C=N–C) groups is 1. The van der Waals surface area contributed by atoms with E-state index in [4.69, 9.17) is 10.5 Å². The highest BCUT2D eigenvalue weighted by Crippen LogP contribution is 2.13. The van der Waals surface area contributed by atoms with E-state index in [1.54, 1.807) is 21.9 Å². The number of rotatable bonds is 3. The first-order chi connectivity index (χ1) is 15.1. The van der Waals surface area contributed by atoms with Crippen LogP contribution >= 0.6 is 0 Å². The topological polar surface area (TPSA) is 121 Å². The van der Waals surface area contributed by atoms with Gasteiger partial charge in [0.2, 0.25) is 5.91 Å². The van der Waals surface area contributed by atoms with Crippen LogP contribution in [0.2, 0.25) is 0 Å². The van der Waals surface area contributed by atoms with Crippen molar-refractivity contribution in [3.63, 3.8) is 0 Å². The number of nitrogens with two attached hydrogens (primary N) is 1. The normalized spacial score (nSPS) is 17.8. The summed E-state index contributed by atoms with van der Waals surface area (Å²) in [6.45, 7) is 9.23. The van der Waals surface area contributed by atoms with Gasteiger partial charge < -0.3 is 30.5 Å². The molecule has 2 aliphatic rings. The predicted molar refractivity (Wildman–Crippen MR) is 120 cm³/mol. The van der Waals surface area contributed by atoms with Crippen LogP contribution in [0, 0.1) is 0 Å². The number of ether oxygens (including phenoxy) is 1. The number of carbonyl (C=O) groups excluding carboxylic acids is 3. The fraction of sp³-hybridized carbons (Fsp3) is 0.545. The van der Waals surface area contributed by atoms with Crippen molar-refractivity contribution in [3.05, 3.63) is 35.4 Å². The first-order valence-electron chi connectivity index (χ1n) is 10.8. The van der Waals surface area contributed by atoms with Crippen molar-refractivity contribution in [2.24, 2.45) is 10.7 Å². The second-order valence-corrected chi connectivity index (χ2v) is 8.90. The van der Waals surface area contributed by atoms with Gasteiger partial charge in [-0.05, 0) is 38.5 Å². The molecule has 2 saturated heterocycles. The number of hydrogen-bond donors (Lipinski definition) is 2. The Labute approximate surface area is 188 Å². The quantitative estimate of drug-likeness (QED) is 0.521. The maximum absolute atomic E-state index is 12.5. The van der Waals surface area contributed by atoms with Crippen molar-refractivity contribution in [1.29, 1.82) is 0 Å². The maximum Gasteiger partial charge on any atom is 0.410 e. The van der Waals surface area contributed by atoms with Crippen LogP contribution in [-0.4, -0.2) is 90.0 Å². The van der Waals surface area contributed by atoms with Crippen molar-refractivity contribution in [2.75, 3.05) is 45.8 Å². The molecule has 10 nitrogen and oxygen atoms in total. The fourth-order valence-electron chi connectivity index (χ4n) is 3.46. The molecule has 0 radical (unpaired) electrons. The van der Waals surface area contributed by atoms with Crippen molar-refractivity contribution in [2.45, 2.75) is 32.9 Å². The lowest BCUT2D eigenvalue weighted by Crippen LogP contribution is -2.53. The average molecular weight is 445 g/mol. The lowest BCUT2D eigenvalue weighted by Gasteiger charge is -2.36. The monoisotopic (exact) mass is 444 g/mol. The summed E-state index contributed by atoms with van der Waals surface area (Å²) in [6, 6.07) is 7.17. The summed E-state index contributed by atoms with van der Waals surface area (Å²) in [5, 5.41) is 2.71. The molecule has 1 aromatic carbocycles. The summed E-state index contributed by atoms with van der Waals surface area (Å²) < 4.78 is 5.41. The molecule has 0 aliphatic carbocycles. The van der Waals surface area contributed by atoms with Crippen molar-refractivity contribution >= 4 is 23.9 Å². The summed E-state index contributed by atoms with van der Waals surface area (Å²) in [5.41, 5.74) is 7.10. The Hall–Kier alpha value is -3.30. The molecule has 10 heteroatoms. The van der Waals surface area contributed by atoms with Gasteiger partial charge in [-0.3, -0.25) is 9.59 Å². The minimum Gasteiger partial charge on any atom is -0.444 e. The Morgan fingerprint density at radius 2 is 1.66 bits per heavy atom. The van der Waals surface area contributed by atoms with Gasteiger partial charge in [0.05, 0.1) is 13.1 Å². The number of nitrogens with zero attached hydrogens (tertiary/aromatic N) is 4. The number of piperazine rings is 2. The number of carbonyl (C=O) groups is 3. The van der Waals surface area contributed by atoms with Crippen LogP contribution in [0.4, 0.5) is 4.79 Å². The molecule has 0 saturated carbocycles. The van der Waals surface area contributed by atoms with Crippen LogP contribution in [0.1, 0.15) is 36.7 Å². The Bertz CT molecular complexity index is 869. The number of hydrogen-bond acceptors (Lipinski definition) is 5. The van der Waals surface area contributed by atoms with Crippen molar-refractivity contribution < 1.29 is 19.1 Å². The largest absolute Gasteiger partial charge is 0.444 e. The fourth-order valence-corrected chi connectivity index (χ4v) is 3.46. The zero-order valence-electron chi connectivity index (χ0n) is 19.0. The molecule has 2 heterocycles. The highest BCUT2D eigenvalue weighted by Gasteiger charge is 2.26. The third-order valence-electron chi connectivity index (χ3n) is 5.21. The van der Waals surface area contributed by atoms with E-state index in [0.29, 0.717) is 57.3 Å². The standard InChI is InChI=1S/C22H32N6O4/c1-22(2,3)32-21(31)27-12-10-26(11-13-27)20(23)25-14-16-4-6-17(7-5-16)19(30)28-9-8-24-18(29)15-28/h4-7H,8-15H2,1-3H3,(H2,23,25)(H,24,29). The van der Waals surface area contributed by atoms with Crippen molar-refractivity contribution in [3.8, 4) is 0 Å². The van der Waals surface area contributed by atoms with E-state index in [1.807, 2.05) is 37.8 Å². The zero-order chi connectivity index (χ0) is 23.3. The van der Waals surface area contributed by atoms with Gasteiger partial charge in [0.25, 0.3) is 5.91 Å². The number of benzene rings is 1. The second kappa shape index (κ2) is 9.88. The van der Waals surface area contributed by atoms with Crippen LogP contribution in [0.25, 0.3) is 0 Å². The molecular formula is C22H32N6O4. The van der Waals surface area contributed by atoms with Crippen LogP contribution in [0.3, 0.4) is 0 Å². The summed E-state index contributed by atoms with van der Waals surface area (Å²) in [5.74, 6) is 0.128. The third-order valence-corrected chi connectivity index (χ3v) is 5.21. The molecule has 0 atom stereocenters. The van der Waals surface area contributed by atoms with Gasteiger partial charge in [0.15, 0.2) is 5.96 Å². The molecule has 3 rings (SSSR count). The van der Waals surface area contributed by atoms with Gasteiger partial charge in [-0.25, -0.2) is 9.79 Å². The Morgan fingerprint density at radius 1 is 1.03 bits per heavy atom. The van der Waals surface area contributed by atoms with E-state index in [1.165, 1.54) is 0 Å². The molecule has 2 aliphatic heterocycles. The summed E-state index contributed by atoms with van der Waals surface area (Å²) in [6.07, 6.45) is -0.313. The Morgan fingerprint density at radius 3 is 2.25 bits per heavy atom. The molecular weight excluding hydrogens is 412 g/mol. The van der Waals surface area contributed by atoms with Crippen LogP contribution in [0.15, 0.2) is 29.3 Å². The Kier molecular flexibility index (Phi) is 7.22. The molecule has 32 heavy (non-hydrogen) atoms. The summed E-state index contributed by atoms with van der Waals surface area (Å²) in [4.78, 5) is 45.8. The van der Waals surface area contributed by atoms with E-state index in [2.05, 4.69) is 10.3 Å². The third kappa shape index (κ3) is 6.35. The Balaban J connectivity index is 1.49. The van der Waals surface area contributed by atoms with E-state index < -0.39 is 5.60 Å². The first-order valence-corrected chi connectivity index (χ1v) is 10.8. The van der Waals surface area contributed by atoms with Gasteiger partial charge >= 0.3 is 6.09 Å². The minimum absolute atomic E-state index is 0.0859. The lowest BCUT2D eigenvalue weighted by atomic mass is 10.1. The maximum atomic E-state index is 12.5. The first kappa shape index (κ1) is 23.4. The highest BCUT2D eigenvalue weighted by molar-refractivity contribution is 5.97. The smallest absolute Gasteiger partial charge is 0.410 e. The van der Waals surface area contributed by atoms with E-state index in [-0.39, 0.29) is 24.5 Å². The molecule has 0 bridgehead atoms. The van der Waals surface area contributed by atoms with Gasteiger partial charge in [-0.1, -0.05) is 12.1 Å². The number of guanidine groups is 1. The van der Waals surface area contributed by atoms with Crippen LogP contribution < -0.4 is 11.1 Å². The van der Waals surface area contributed by atoms with Crippen LogP contribution in [0.5, 0.6) is 0 Å². The SMILES string of the molecule is CC(C)(C)OC(=O)N1CCN(C(N)=NCc2ccc(C(=O)N3CCNC(=O)C3)cc2)CC1. The molecule has 2 fully saturated rings. The molecule has 3 N–H and O–H groups in total. The number of amides is 3. The molecule has 0 spiro atoms. The highest BCUT2D eigenvalue weighted by atomic mass is 16.6. The molecule has 1 aromatic rings. The molecule has 0 aromatic heterocycles. The van der Waals surface area contributed by atoms with E-state index >= 15 is 0 Å². The summed E-state index contributed by atoms with van der Waals surface area (Å²) >= 11 is 0. The lowest BCUT2D eigenvalue weighted by molar-refractivity contribution is -0.123. The van der Waals surface area contributed by atoms with Gasteiger partial charge in [-0.15, -0.1) is 0 Å². The van der Waals surface area contributed by atoms with Crippen molar-refractivity contribution in [1.82, 2.24) is 20.0 Å². The van der Waals surface area contributed by atoms with E-state index in [9.17, 15) is 14.4 Å². The average Bonchev–Trinajstić information content (AvgIpc) is 2.76. The predicted octanol–water partition coefficient (Wildman–Crippen LogP) is 0.626. The minimum atomic E-state index is -0.517. The van der Waals surface area contributed by atoms with Gasteiger partial charge in [0.1, 0.15) is 5.60 Å². The molecule has 0 unspecified atom stereocenters. The van der Waals surface area contributed by atoms with E-state index in [0.717, 1.165) is 5.56 Å². The molecule has 3 amide bonds. The second-order valence-electron chi connectivity index (χ2n) is 8.90. The summed E-state index contributed by atoms with van der Waals surface area (Å²) in [7, 11) is 0.